The average Bonchev–Trinajstić information content (AvgIpc) is 2.89. The number of rotatable bonds is 4. The van der Waals surface area contributed by atoms with Crippen molar-refractivity contribution in [2.75, 3.05) is 26.8 Å². The SMILES string of the molecule is COc1ccc(C#Cc2ccc([C@@H]3[C@H](CO)N4C(=O)CN(C(=O)c5ccncc5)C[C@@H]34)cc2)cc1. The summed E-state index contributed by atoms with van der Waals surface area (Å²) in [6.07, 6.45) is 3.14. The summed E-state index contributed by atoms with van der Waals surface area (Å²) in [5.41, 5.74) is 3.29. The van der Waals surface area contributed by atoms with Gasteiger partial charge in [0.2, 0.25) is 5.91 Å². The molecule has 176 valence electrons. The van der Waals surface area contributed by atoms with Gasteiger partial charge in [-0.1, -0.05) is 24.0 Å². The molecule has 0 radical (unpaired) electrons. The maximum Gasteiger partial charge on any atom is 0.254 e. The topological polar surface area (TPSA) is 83.0 Å². The molecule has 0 unspecified atom stereocenters. The van der Waals surface area contributed by atoms with E-state index in [2.05, 4.69) is 16.8 Å². The zero-order valence-corrected chi connectivity index (χ0v) is 19.3. The number of nitrogens with zero attached hydrogens (tertiary/aromatic N) is 3. The van der Waals surface area contributed by atoms with Crippen LogP contribution in [0.15, 0.2) is 73.1 Å². The third-order valence-electron chi connectivity index (χ3n) is 6.70. The fourth-order valence-corrected chi connectivity index (χ4v) is 4.94. The molecule has 3 aromatic rings. The van der Waals surface area contributed by atoms with Crippen molar-refractivity contribution in [2.45, 2.75) is 18.0 Å². The van der Waals surface area contributed by atoms with Crippen LogP contribution in [0.25, 0.3) is 0 Å². The average molecular weight is 468 g/mol. The molecule has 3 atom stereocenters. The highest BCUT2D eigenvalue weighted by Crippen LogP contribution is 2.43. The highest BCUT2D eigenvalue weighted by molar-refractivity contribution is 5.97. The number of methoxy groups -OCH3 is 1. The molecule has 2 aliphatic rings. The van der Waals surface area contributed by atoms with E-state index in [1.807, 2.05) is 48.5 Å². The second-order valence-electron chi connectivity index (χ2n) is 8.67. The normalized spacial score (nSPS) is 20.9. The Labute approximate surface area is 204 Å². The summed E-state index contributed by atoms with van der Waals surface area (Å²) in [6, 6.07) is 18.3. The molecule has 1 N–H and O–H groups in total. The lowest BCUT2D eigenvalue weighted by Gasteiger charge is -2.58. The van der Waals surface area contributed by atoms with Crippen LogP contribution in [-0.2, 0) is 4.79 Å². The van der Waals surface area contributed by atoms with E-state index < -0.39 is 0 Å². The van der Waals surface area contributed by atoms with Crippen LogP contribution in [0.1, 0.15) is 33.0 Å². The van der Waals surface area contributed by atoms with Gasteiger partial charge in [0.25, 0.3) is 5.91 Å². The van der Waals surface area contributed by atoms with E-state index in [0.29, 0.717) is 12.1 Å². The number of ether oxygens (including phenoxy) is 1. The van der Waals surface area contributed by atoms with Crippen LogP contribution >= 0.6 is 0 Å². The summed E-state index contributed by atoms with van der Waals surface area (Å²) in [5, 5.41) is 10.0. The predicted molar refractivity (Wildman–Crippen MR) is 130 cm³/mol. The highest BCUT2D eigenvalue weighted by atomic mass is 16.5. The lowest BCUT2D eigenvalue weighted by atomic mass is 9.73. The predicted octanol–water partition coefficient (Wildman–Crippen LogP) is 2.30. The van der Waals surface area contributed by atoms with Gasteiger partial charge in [-0.2, -0.15) is 0 Å². The van der Waals surface area contributed by atoms with Crippen molar-refractivity contribution < 1.29 is 19.4 Å². The Bertz CT molecular complexity index is 1280. The molecule has 5 rings (SSSR count). The maximum absolute atomic E-state index is 12.9. The van der Waals surface area contributed by atoms with Gasteiger partial charge >= 0.3 is 0 Å². The van der Waals surface area contributed by atoms with Crippen LogP contribution < -0.4 is 4.74 Å². The van der Waals surface area contributed by atoms with Gasteiger partial charge in [0.15, 0.2) is 0 Å². The van der Waals surface area contributed by atoms with Gasteiger partial charge in [-0.05, 0) is 54.1 Å². The van der Waals surface area contributed by atoms with Gasteiger partial charge in [0.1, 0.15) is 12.3 Å². The van der Waals surface area contributed by atoms with Crippen LogP contribution in [0.3, 0.4) is 0 Å². The molecule has 2 aromatic carbocycles. The zero-order chi connectivity index (χ0) is 24.4. The number of amides is 2. The fourth-order valence-electron chi connectivity index (χ4n) is 4.94. The largest absolute Gasteiger partial charge is 0.497 e. The zero-order valence-electron chi connectivity index (χ0n) is 19.3. The number of carbonyl (C=O) groups is 2. The van der Waals surface area contributed by atoms with Crippen molar-refractivity contribution in [2.24, 2.45) is 0 Å². The van der Waals surface area contributed by atoms with Crippen molar-refractivity contribution in [1.29, 1.82) is 0 Å². The van der Waals surface area contributed by atoms with Crippen LogP contribution in [0, 0.1) is 11.8 Å². The third kappa shape index (κ3) is 4.36. The van der Waals surface area contributed by atoms with E-state index in [0.717, 1.165) is 22.4 Å². The number of pyridine rings is 1. The van der Waals surface area contributed by atoms with Gasteiger partial charge in [-0.25, -0.2) is 0 Å². The molecule has 7 nitrogen and oxygen atoms in total. The molecule has 7 heteroatoms. The van der Waals surface area contributed by atoms with Gasteiger partial charge in [-0.3, -0.25) is 14.6 Å². The number of hydrogen-bond acceptors (Lipinski definition) is 5. The van der Waals surface area contributed by atoms with Crippen molar-refractivity contribution in [3.05, 3.63) is 95.3 Å². The summed E-state index contributed by atoms with van der Waals surface area (Å²) >= 11 is 0. The van der Waals surface area contributed by atoms with Crippen molar-refractivity contribution in [3.8, 4) is 17.6 Å². The molecule has 2 amide bonds. The summed E-state index contributed by atoms with van der Waals surface area (Å²) in [4.78, 5) is 33.1. The van der Waals surface area contributed by atoms with Crippen LogP contribution in [0.5, 0.6) is 5.75 Å². The minimum absolute atomic E-state index is 0.0146. The maximum atomic E-state index is 12.9. The molecule has 35 heavy (non-hydrogen) atoms. The Morgan fingerprint density at radius 3 is 2.26 bits per heavy atom. The minimum Gasteiger partial charge on any atom is -0.497 e. The number of piperazine rings is 1. The molecule has 3 heterocycles. The summed E-state index contributed by atoms with van der Waals surface area (Å²) in [5.74, 6) is 6.72. The molecule has 0 bridgehead atoms. The molecule has 2 saturated heterocycles. The first kappa shape index (κ1) is 22.6. The van der Waals surface area contributed by atoms with Crippen molar-refractivity contribution >= 4 is 11.8 Å². The Morgan fingerprint density at radius 1 is 1.03 bits per heavy atom. The van der Waals surface area contributed by atoms with Gasteiger partial charge in [0, 0.05) is 41.5 Å². The van der Waals surface area contributed by atoms with Crippen molar-refractivity contribution in [3.63, 3.8) is 0 Å². The number of benzene rings is 2. The number of hydrogen-bond donors (Lipinski definition) is 1. The Balaban J connectivity index is 1.33. The van der Waals surface area contributed by atoms with E-state index in [-0.39, 0.29) is 43.0 Å². The molecule has 0 saturated carbocycles. The smallest absolute Gasteiger partial charge is 0.254 e. The lowest BCUT2D eigenvalue weighted by molar-refractivity contribution is -0.159. The van der Waals surface area contributed by atoms with Gasteiger partial charge in [0.05, 0.1) is 25.8 Å². The fraction of sp³-hybridized carbons (Fsp3) is 0.250. The van der Waals surface area contributed by atoms with Gasteiger partial charge < -0.3 is 19.6 Å². The summed E-state index contributed by atoms with van der Waals surface area (Å²) in [7, 11) is 1.63. The first-order valence-electron chi connectivity index (χ1n) is 11.5. The Kier molecular flexibility index (Phi) is 6.21. The molecule has 2 fully saturated rings. The van der Waals surface area contributed by atoms with E-state index in [4.69, 9.17) is 4.74 Å². The summed E-state index contributed by atoms with van der Waals surface area (Å²) < 4.78 is 5.17. The standard InChI is InChI=1S/C28H25N3O4/c1-35-23-10-6-20(7-11-23)3-2-19-4-8-21(9-5-19)27-24-16-30(17-26(33)31(24)25(27)18-32)28(34)22-12-14-29-15-13-22/h4-15,24-25,27,32H,16-18H2,1H3/t24-,25-,27-/m0/s1. The molecular formula is C28H25N3O4. The van der Waals surface area contributed by atoms with E-state index in [1.165, 1.54) is 0 Å². The molecular weight excluding hydrogens is 442 g/mol. The van der Waals surface area contributed by atoms with Crippen molar-refractivity contribution in [1.82, 2.24) is 14.8 Å². The van der Waals surface area contributed by atoms with Crippen LogP contribution in [0.4, 0.5) is 0 Å². The highest BCUT2D eigenvalue weighted by Gasteiger charge is 2.54. The third-order valence-corrected chi connectivity index (χ3v) is 6.70. The molecule has 2 aliphatic heterocycles. The Hall–Kier alpha value is -4.15. The number of aliphatic hydroxyl groups is 1. The lowest BCUT2D eigenvalue weighted by Crippen LogP contribution is -2.73. The number of fused-ring (bicyclic) bond motifs is 1. The monoisotopic (exact) mass is 467 g/mol. The van der Waals surface area contributed by atoms with Crippen LogP contribution in [-0.4, -0.2) is 70.6 Å². The quantitative estimate of drug-likeness (QED) is 0.596. The molecule has 1 aromatic heterocycles. The van der Waals surface area contributed by atoms with Gasteiger partial charge in [-0.15, -0.1) is 0 Å². The van der Waals surface area contributed by atoms with Crippen LogP contribution in [0.2, 0.25) is 0 Å². The number of carbonyl (C=O) groups excluding carboxylic acids is 2. The number of aromatic nitrogens is 1. The second-order valence-corrected chi connectivity index (χ2v) is 8.67. The molecule has 0 spiro atoms. The number of aliphatic hydroxyl groups excluding tert-OH is 1. The first-order chi connectivity index (χ1) is 17.1. The first-order valence-corrected chi connectivity index (χ1v) is 11.5. The second kappa shape index (κ2) is 9.61. The summed E-state index contributed by atoms with van der Waals surface area (Å²) in [6.45, 7) is 0.318. The minimum atomic E-state index is -0.290. The Morgan fingerprint density at radius 2 is 1.66 bits per heavy atom. The molecule has 0 aliphatic carbocycles. The van der Waals surface area contributed by atoms with E-state index in [9.17, 15) is 14.7 Å². The van der Waals surface area contributed by atoms with E-state index in [1.54, 1.807) is 41.4 Å². The van der Waals surface area contributed by atoms with E-state index >= 15 is 0 Å².